The summed E-state index contributed by atoms with van der Waals surface area (Å²) in [5, 5.41) is 8.67. The van der Waals surface area contributed by atoms with Gasteiger partial charge in [-0.3, -0.25) is 0 Å². The van der Waals surface area contributed by atoms with Gasteiger partial charge >= 0.3 is 12.1 Å². The zero-order valence-electron chi connectivity index (χ0n) is 9.46. The van der Waals surface area contributed by atoms with Crippen LogP contribution in [-0.2, 0) is 12.6 Å². The molecule has 100 valence electrons. The van der Waals surface area contributed by atoms with Crippen LogP contribution in [0, 0.1) is 5.92 Å². The van der Waals surface area contributed by atoms with Crippen LogP contribution in [0.4, 0.5) is 13.2 Å². The van der Waals surface area contributed by atoms with Crippen molar-refractivity contribution in [1.82, 2.24) is 4.98 Å². The van der Waals surface area contributed by atoms with Crippen LogP contribution >= 0.6 is 0 Å². The number of halogens is 3. The Labute approximate surface area is 101 Å². The van der Waals surface area contributed by atoms with Gasteiger partial charge in [0, 0.05) is 6.42 Å². The predicted octanol–water partition coefficient (Wildman–Crippen LogP) is 3.12. The Kier molecular flexibility index (Phi) is 3.32. The van der Waals surface area contributed by atoms with Crippen LogP contribution in [-0.4, -0.2) is 16.1 Å². The maximum atomic E-state index is 12.5. The third-order valence-electron chi connectivity index (χ3n) is 3.07. The second kappa shape index (κ2) is 4.62. The molecule has 0 radical (unpaired) electrons. The van der Waals surface area contributed by atoms with E-state index >= 15 is 0 Å². The Bertz CT molecular complexity index is 447. The number of carboxylic acid groups (broad SMARTS) is 1. The normalized spacial score (nSPS) is 17.3. The van der Waals surface area contributed by atoms with E-state index in [9.17, 15) is 18.0 Å². The standard InChI is InChI=1S/C11H12F3NO3/c12-11(13,14)9-8(10(16)17)18-7(15-9)5-6-3-1-2-4-6/h6H,1-5H2,(H,16,17). The van der Waals surface area contributed by atoms with Gasteiger partial charge in [-0.1, -0.05) is 12.8 Å². The molecule has 0 aliphatic heterocycles. The third kappa shape index (κ3) is 2.65. The van der Waals surface area contributed by atoms with Gasteiger partial charge in [-0.15, -0.1) is 0 Å². The Morgan fingerprint density at radius 3 is 2.44 bits per heavy atom. The van der Waals surface area contributed by atoms with E-state index in [1.54, 1.807) is 0 Å². The van der Waals surface area contributed by atoms with E-state index < -0.39 is 23.6 Å². The first-order valence-electron chi connectivity index (χ1n) is 5.68. The number of aromatic carboxylic acids is 1. The molecule has 0 spiro atoms. The van der Waals surface area contributed by atoms with Gasteiger partial charge in [-0.2, -0.15) is 13.2 Å². The van der Waals surface area contributed by atoms with Crippen LogP contribution in [0.3, 0.4) is 0 Å². The molecule has 0 atom stereocenters. The molecule has 18 heavy (non-hydrogen) atoms. The van der Waals surface area contributed by atoms with E-state index in [2.05, 4.69) is 4.98 Å². The number of hydrogen-bond donors (Lipinski definition) is 1. The molecule has 0 amide bonds. The van der Waals surface area contributed by atoms with Crippen molar-refractivity contribution in [3.8, 4) is 0 Å². The zero-order chi connectivity index (χ0) is 13.3. The number of alkyl halides is 3. The predicted molar refractivity (Wildman–Crippen MR) is 54.1 cm³/mol. The molecule has 0 aromatic carbocycles. The Morgan fingerprint density at radius 1 is 1.39 bits per heavy atom. The molecule has 1 aliphatic carbocycles. The number of oxazole rings is 1. The molecule has 0 bridgehead atoms. The first-order valence-corrected chi connectivity index (χ1v) is 5.68. The van der Waals surface area contributed by atoms with E-state index in [0.717, 1.165) is 25.7 Å². The first-order chi connectivity index (χ1) is 8.38. The van der Waals surface area contributed by atoms with Gasteiger partial charge in [0.25, 0.3) is 0 Å². The van der Waals surface area contributed by atoms with Crippen molar-refractivity contribution in [2.75, 3.05) is 0 Å². The number of hydrogen-bond acceptors (Lipinski definition) is 3. The fraction of sp³-hybridized carbons (Fsp3) is 0.636. The van der Waals surface area contributed by atoms with Gasteiger partial charge in [0.2, 0.25) is 5.76 Å². The summed E-state index contributed by atoms with van der Waals surface area (Å²) in [6.07, 6.45) is -0.591. The van der Waals surface area contributed by atoms with E-state index in [1.165, 1.54) is 0 Å². The van der Waals surface area contributed by atoms with Crippen molar-refractivity contribution in [3.05, 3.63) is 17.3 Å². The maximum absolute atomic E-state index is 12.5. The molecule has 1 N–H and O–H groups in total. The number of nitrogens with zero attached hydrogens (tertiary/aromatic N) is 1. The van der Waals surface area contributed by atoms with Crippen molar-refractivity contribution in [2.24, 2.45) is 5.92 Å². The number of carbonyl (C=O) groups is 1. The van der Waals surface area contributed by atoms with Crippen molar-refractivity contribution < 1.29 is 27.5 Å². The minimum Gasteiger partial charge on any atom is -0.475 e. The summed E-state index contributed by atoms with van der Waals surface area (Å²) >= 11 is 0. The monoisotopic (exact) mass is 263 g/mol. The Hall–Kier alpha value is -1.53. The molecule has 1 aromatic heterocycles. The summed E-state index contributed by atoms with van der Waals surface area (Å²) in [4.78, 5) is 14.0. The van der Waals surface area contributed by atoms with Crippen LogP contribution in [0.25, 0.3) is 0 Å². The molecule has 1 fully saturated rings. The maximum Gasteiger partial charge on any atom is 0.437 e. The Balaban J connectivity index is 2.24. The van der Waals surface area contributed by atoms with Crippen molar-refractivity contribution in [2.45, 2.75) is 38.3 Å². The van der Waals surface area contributed by atoms with Crippen LogP contribution in [0.1, 0.15) is 47.8 Å². The lowest BCUT2D eigenvalue weighted by Gasteiger charge is -2.03. The van der Waals surface area contributed by atoms with Gasteiger partial charge in [0.05, 0.1) is 0 Å². The Morgan fingerprint density at radius 2 is 2.00 bits per heavy atom. The molecule has 1 saturated carbocycles. The van der Waals surface area contributed by atoms with Crippen LogP contribution < -0.4 is 0 Å². The SMILES string of the molecule is O=C(O)c1oc(CC2CCCC2)nc1C(F)(F)F. The lowest BCUT2D eigenvalue weighted by atomic mass is 10.0. The summed E-state index contributed by atoms with van der Waals surface area (Å²) in [7, 11) is 0. The molecule has 1 heterocycles. The second-order valence-electron chi connectivity index (χ2n) is 4.44. The molecular weight excluding hydrogens is 251 g/mol. The van der Waals surface area contributed by atoms with Crippen molar-refractivity contribution in [3.63, 3.8) is 0 Å². The van der Waals surface area contributed by atoms with Crippen LogP contribution in [0.15, 0.2) is 4.42 Å². The minimum absolute atomic E-state index is 0.133. The lowest BCUT2D eigenvalue weighted by molar-refractivity contribution is -0.141. The van der Waals surface area contributed by atoms with Crippen LogP contribution in [0.5, 0.6) is 0 Å². The average Bonchev–Trinajstić information content (AvgIpc) is 2.85. The summed E-state index contributed by atoms with van der Waals surface area (Å²) in [5.74, 6) is -2.75. The topological polar surface area (TPSA) is 63.3 Å². The smallest absolute Gasteiger partial charge is 0.437 e. The largest absolute Gasteiger partial charge is 0.475 e. The fourth-order valence-electron chi connectivity index (χ4n) is 2.25. The van der Waals surface area contributed by atoms with Gasteiger partial charge in [0.1, 0.15) is 0 Å². The summed E-state index contributed by atoms with van der Waals surface area (Å²) < 4.78 is 42.4. The summed E-state index contributed by atoms with van der Waals surface area (Å²) in [5.41, 5.74) is -1.44. The van der Waals surface area contributed by atoms with Crippen LogP contribution in [0.2, 0.25) is 0 Å². The van der Waals surface area contributed by atoms with Gasteiger partial charge in [0.15, 0.2) is 11.6 Å². The highest BCUT2D eigenvalue weighted by Crippen LogP contribution is 2.34. The molecule has 0 unspecified atom stereocenters. The number of carboxylic acids is 1. The quantitative estimate of drug-likeness (QED) is 0.910. The summed E-state index contributed by atoms with van der Waals surface area (Å²) in [6, 6.07) is 0. The fourth-order valence-corrected chi connectivity index (χ4v) is 2.25. The minimum atomic E-state index is -4.80. The summed E-state index contributed by atoms with van der Waals surface area (Å²) in [6.45, 7) is 0. The van der Waals surface area contributed by atoms with Crippen molar-refractivity contribution >= 4 is 5.97 Å². The molecule has 2 rings (SSSR count). The number of aromatic nitrogens is 1. The molecule has 4 nitrogen and oxygen atoms in total. The molecular formula is C11H12F3NO3. The van der Waals surface area contributed by atoms with Gasteiger partial charge in [-0.25, -0.2) is 9.78 Å². The van der Waals surface area contributed by atoms with Gasteiger partial charge < -0.3 is 9.52 Å². The molecule has 7 heteroatoms. The van der Waals surface area contributed by atoms with Gasteiger partial charge in [-0.05, 0) is 18.8 Å². The van der Waals surface area contributed by atoms with Crippen molar-refractivity contribution in [1.29, 1.82) is 0 Å². The van der Waals surface area contributed by atoms with E-state index in [4.69, 9.17) is 9.52 Å². The number of rotatable bonds is 3. The zero-order valence-corrected chi connectivity index (χ0v) is 9.46. The highest BCUT2D eigenvalue weighted by atomic mass is 19.4. The average molecular weight is 263 g/mol. The highest BCUT2D eigenvalue weighted by Gasteiger charge is 2.41. The van der Waals surface area contributed by atoms with E-state index in [0.29, 0.717) is 0 Å². The highest BCUT2D eigenvalue weighted by molar-refractivity contribution is 5.85. The van der Waals surface area contributed by atoms with E-state index in [-0.39, 0.29) is 18.2 Å². The third-order valence-corrected chi connectivity index (χ3v) is 3.07. The molecule has 1 aromatic rings. The lowest BCUT2D eigenvalue weighted by Crippen LogP contribution is -2.11. The first kappa shape index (κ1) is 12.9. The molecule has 0 saturated heterocycles. The van der Waals surface area contributed by atoms with E-state index in [1.807, 2.05) is 0 Å². The second-order valence-corrected chi connectivity index (χ2v) is 4.44. The molecule has 1 aliphatic rings.